The molecule has 1 fully saturated rings. The van der Waals surface area contributed by atoms with Crippen LogP contribution in [0.4, 0.5) is 16.0 Å². The van der Waals surface area contributed by atoms with Crippen LogP contribution in [0.5, 0.6) is 0 Å². The molecule has 0 aliphatic carbocycles. The van der Waals surface area contributed by atoms with E-state index in [0.717, 1.165) is 44.1 Å². The molecule has 146 valence electrons. The summed E-state index contributed by atoms with van der Waals surface area (Å²) < 4.78 is 41.7. The summed E-state index contributed by atoms with van der Waals surface area (Å²) in [5, 5.41) is 12.9. The normalized spacial score (nSPS) is 14.8. The second-order valence-electron chi connectivity index (χ2n) is 6.30. The van der Waals surface area contributed by atoms with Crippen LogP contribution < -0.4 is 9.62 Å². The highest BCUT2D eigenvalue weighted by Gasteiger charge is 2.20. The first-order valence-electron chi connectivity index (χ1n) is 8.66. The molecule has 12 heteroatoms. The number of hydrogen-bond acceptors (Lipinski definition) is 8. The van der Waals surface area contributed by atoms with E-state index in [9.17, 15) is 12.8 Å². The SMILES string of the molecule is O=S(=O)(Nc1cnc(N2CCCCC2)nc1)c1ccc(F)c(-c2nn[nH]n2)c1. The van der Waals surface area contributed by atoms with E-state index in [-0.39, 0.29) is 22.0 Å². The summed E-state index contributed by atoms with van der Waals surface area (Å²) in [4.78, 5) is 10.4. The molecule has 1 aromatic carbocycles. The van der Waals surface area contributed by atoms with Crippen LogP contribution in [0.3, 0.4) is 0 Å². The van der Waals surface area contributed by atoms with Gasteiger partial charge in [-0.05, 0) is 42.7 Å². The van der Waals surface area contributed by atoms with Crippen molar-refractivity contribution in [3.63, 3.8) is 0 Å². The van der Waals surface area contributed by atoms with Crippen LogP contribution in [-0.4, -0.2) is 52.1 Å². The Morgan fingerprint density at radius 1 is 1.11 bits per heavy atom. The maximum Gasteiger partial charge on any atom is 0.262 e. The van der Waals surface area contributed by atoms with Crippen molar-refractivity contribution < 1.29 is 12.8 Å². The predicted octanol–water partition coefficient (Wildman–Crippen LogP) is 1.59. The summed E-state index contributed by atoms with van der Waals surface area (Å²) in [6.45, 7) is 1.78. The van der Waals surface area contributed by atoms with E-state index in [2.05, 4.69) is 40.2 Å². The van der Waals surface area contributed by atoms with Crippen LogP contribution in [0.15, 0.2) is 35.5 Å². The summed E-state index contributed by atoms with van der Waals surface area (Å²) in [6.07, 6.45) is 6.20. The van der Waals surface area contributed by atoms with Crippen LogP contribution >= 0.6 is 0 Å². The van der Waals surface area contributed by atoms with Crippen molar-refractivity contribution in [2.75, 3.05) is 22.7 Å². The number of piperidine rings is 1. The zero-order valence-electron chi connectivity index (χ0n) is 14.7. The van der Waals surface area contributed by atoms with Crippen LogP contribution in [0.25, 0.3) is 11.4 Å². The lowest BCUT2D eigenvalue weighted by molar-refractivity contribution is 0.568. The van der Waals surface area contributed by atoms with Gasteiger partial charge >= 0.3 is 0 Å². The van der Waals surface area contributed by atoms with Gasteiger partial charge in [0, 0.05) is 13.1 Å². The van der Waals surface area contributed by atoms with Crippen molar-refractivity contribution in [3.05, 3.63) is 36.4 Å². The fourth-order valence-electron chi connectivity index (χ4n) is 2.96. The first-order valence-corrected chi connectivity index (χ1v) is 10.1. The molecule has 0 spiro atoms. The molecule has 1 aliphatic heterocycles. The van der Waals surface area contributed by atoms with Crippen molar-refractivity contribution in [1.29, 1.82) is 0 Å². The van der Waals surface area contributed by atoms with Gasteiger partial charge in [0.05, 0.1) is 28.5 Å². The van der Waals surface area contributed by atoms with Crippen LogP contribution in [0, 0.1) is 5.82 Å². The zero-order valence-corrected chi connectivity index (χ0v) is 15.5. The standard InChI is InChI=1S/C16H17FN8O2S/c17-14-5-4-12(8-13(14)15-20-23-24-21-15)28(26,27)22-11-9-18-16(19-10-11)25-6-2-1-3-7-25/h4-5,8-10,22H,1-3,6-7H2,(H,20,21,23,24). The maximum absolute atomic E-state index is 14.0. The number of halogens is 1. The first kappa shape index (κ1) is 18.2. The fraction of sp³-hybridized carbons (Fsp3) is 0.312. The van der Waals surface area contributed by atoms with Crippen molar-refractivity contribution in [2.45, 2.75) is 24.2 Å². The third-order valence-electron chi connectivity index (χ3n) is 4.36. The smallest absolute Gasteiger partial charge is 0.262 e. The minimum Gasteiger partial charge on any atom is -0.341 e. The summed E-state index contributed by atoms with van der Waals surface area (Å²) in [5.74, 6) is -0.123. The van der Waals surface area contributed by atoms with Gasteiger partial charge in [0.2, 0.25) is 11.8 Å². The van der Waals surface area contributed by atoms with E-state index >= 15 is 0 Å². The Morgan fingerprint density at radius 3 is 2.54 bits per heavy atom. The molecule has 28 heavy (non-hydrogen) atoms. The van der Waals surface area contributed by atoms with Crippen molar-refractivity contribution >= 4 is 21.7 Å². The molecule has 0 unspecified atom stereocenters. The van der Waals surface area contributed by atoms with Crippen LogP contribution in [-0.2, 0) is 10.0 Å². The number of H-pyrrole nitrogens is 1. The van der Waals surface area contributed by atoms with E-state index < -0.39 is 15.8 Å². The zero-order chi connectivity index (χ0) is 19.6. The number of hydrogen-bond donors (Lipinski definition) is 2. The van der Waals surface area contributed by atoms with Crippen molar-refractivity contribution in [1.82, 2.24) is 30.6 Å². The number of benzene rings is 1. The Hall–Kier alpha value is -3.15. The predicted molar refractivity (Wildman–Crippen MR) is 98.5 cm³/mol. The van der Waals surface area contributed by atoms with Gasteiger partial charge in [-0.3, -0.25) is 4.72 Å². The van der Waals surface area contributed by atoms with Gasteiger partial charge in [0.15, 0.2) is 0 Å². The molecule has 0 radical (unpaired) electrons. The Kier molecular flexibility index (Phi) is 4.86. The Bertz CT molecular complexity index is 1050. The summed E-state index contributed by atoms with van der Waals surface area (Å²) in [7, 11) is -3.98. The summed E-state index contributed by atoms with van der Waals surface area (Å²) in [5.41, 5.74) is 0.138. The average molecular weight is 404 g/mol. The number of tetrazole rings is 1. The third-order valence-corrected chi connectivity index (χ3v) is 5.74. The van der Waals surface area contributed by atoms with Gasteiger partial charge in [-0.25, -0.2) is 22.8 Å². The highest BCUT2D eigenvalue weighted by Crippen LogP contribution is 2.24. The highest BCUT2D eigenvalue weighted by molar-refractivity contribution is 7.92. The number of nitrogens with zero attached hydrogens (tertiary/aromatic N) is 6. The molecule has 3 aromatic rings. The number of aromatic nitrogens is 6. The van der Waals surface area contributed by atoms with Crippen LogP contribution in [0.2, 0.25) is 0 Å². The quantitative estimate of drug-likeness (QED) is 0.656. The molecule has 1 aliphatic rings. The molecule has 2 aromatic heterocycles. The lowest BCUT2D eigenvalue weighted by atomic mass is 10.1. The number of anilines is 2. The number of aromatic amines is 1. The second-order valence-corrected chi connectivity index (χ2v) is 7.98. The molecule has 3 heterocycles. The van der Waals surface area contributed by atoms with Gasteiger partial charge in [-0.2, -0.15) is 5.21 Å². The lowest BCUT2D eigenvalue weighted by Gasteiger charge is -2.26. The molecule has 2 N–H and O–H groups in total. The van der Waals surface area contributed by atoms with E-state index in [0.29, 0.717) is 5.95 Å². The average Bonchev–Trinajstić information content (AvgIpc) is 3.24. The van der Waals surface area contributed by atoms with Gasteiger partial charge in [-0.1, -0.05) is 0 Å². The largest absolute Gasteiger partial charge is 0.341 e. The summed E-state index contributed by atoms with van der Waals surface area (Å²) in [6, 6.07) is 3.34. The van der Waals surface area contributed by atoms with Gasteiger partial charge in [-0.15, -0.1) is 10.2 Å². The molecule has 0 atom stereocenters. The Labute approximate surface area is 160 Å². The van der Waals surface area contributed by atoms with Gasteiger partial charge < -0.3 is 4.90 Å². The van der Waals surface area contributed by atoms with E-state index in [1.807, 2.05) is 0 Å². The van der Waals surface area contributed by atoms with Gasteiger partial charge in [0.25, 0.3) is 10.0 Å². The monoisotopic (exact) mass is 404 g/mol. The first-order chi connectivity index (χ1) is 13.5. The molecule has 4 rings (SSSR count). The third kappa shape index (κ3) is 3.76. The van der Waals surface area contributed by atoms with E-state index in [1.165, 1.54) is 18.8 Å². The van der Waals surface area contributed by atoms with Crippen molar-refractivity contribution in [2.24, 2.45) is 0 Å². The number of nitrogens with one attached hydrogen (secondary N) is 2. The topological polar surface area (TPSA) is 130 Å². The second kappa shape index (κ2) is 7.46. The molecule has 0 bridgehead atoms. The molecule has 0 saturated carbocycles. The van der Waals surface area contributed by atoms with Crippen molar-refractivity contribution in [3.8, 4) is 11.4 Å². The Balaban J connectivity index is 1.55. The van der Waals surface area contributed by atoms with E-state index in [4.69, 9.17) is 0 Å². The minimum atomic E-state index is -3.98. The minimum absolute atomic E-state index is 0.0382. The lowest BCUT2D eigenvalue weighted by Crippen LogP contribution is -2.30. The number of sulfonamides is 1. The molecule has 10 nitrogen and oxygen atoms in total. The molecular weight excluding hydrogens is 387 g/mol. The molecule has 0 amide bonds. The van der Waals surface area contributed by atoms with E-state index in [1.54, 1.807) is 0 Å². The Morgan fingerprint density at radius 2 is 1.86 bits per heavy atom. The van der Waals surface area contributed by atoms with Gasteiger partial charge in [0.1, 0.15) is 5.82 Å². The molecular formula is C16H17FN8O2S. The molecule has 1 saturated heterocycles. The van der Waals surface area contributed by atoms with Crippen LogP contribution in [0.1, 0.15) is 19.3 Å². The highest BCUT2D eigenvalue weighted by atomic mass is 32.2. The number of rotatable bonds is 5. The fourth-order valence-corrected chi connectivity index (χ4v) is 4.02. The maximum atomic E-state index is 14.0. The summed E-state index contributed by atoms with van der Waals surface area (Å²) >= 11 is 0.